The number of carbonyl (C=O) groups is 1. The summed E-state index contributed by atoms with van der Waals surface area (Å²) in [6.45, 7) is 4.00. The van der Waals surface area contributed by atoms with Crippen LogP contribution < -0.4 is 10.6 Å². The highest BCUT2D eigenvalue weighted by molar-refractivity contribution is 6.05. The van der Waals surface area contributed by atoms with Crippen molar-refractivity contribution in [1.82, 2.24) is 19.5 Å². The number of amides is 1. The van der Waals surface area contributed by atoms with Gasteiger partial charge in [0.1, 0.15) is 12.1 Å². The third-order valence-electron chi connectivity index (χ3n) is 5.73. The number of anilines is 2. The van der Waals surface area contributed by atoms with Gasteiger partial charge in [-0.05, 0) is 55.3 Å². The van der Waals surface area contributed by atoms with Gasteiger partial charge in [-0.1, -0.05) is 48.5 Å². The molecule has 0 fully saturated rings. The molecule has 34 heavy (non-hydrogen) atoms. The van der Waals surface area contributed by atoms with Gasteiger partial charge in [-0.15, -0.1) is 0 Å². The van der Waals surface area contributed by atoms with Gasteiger partial charge >= 0.3 is 0 Å². The number of nitrogens with zero attached hydrogens (tertiary/aromatic N) is 4. The number of aryl methyl sites for hydroxylation is 1. The molecule has 168 valence electrons. The van der Waals surface area contributed by atoms with E-state index < -0.39 is 0 Å². The zero-order chi connectivity index (χ0) is 23.5. The molecule has 1 unspecified atom stereocenters. The van der Waals surface area contributed by atoms with E-state index in [0.29, 0.717) is 23.0 Å². The number of nitrogens with one attached hydrogen (secondary N) is 2. The molecule has 1 atom stereocenters. The molecular formula is C27H24N6O. The van der Waals surface area contributed by atoms with Crippen molar-refractivity contribution in [3.63, 3.8) is 0 Å². The van der Waals surface area contributed by atoms with Gasteiger partial charge in [0.15, 0.2) is 0 Å². The van der Waals surface area contributed by atoms with Crippen molar-refractivity contribution < 1.29 is 4.79 Å². The maximum absolute atomic E-state index is 12.7. The minimum absolute atomic E-state index is 0.0652. The van der Waals surface area contributed by atoms with Crippen LogP contribution in [0.1, 0.15) is 34.5 Å². The third-order valence-corrected chi connectivity index (χ3v) is 5.73. The van der Waals surface area contributed by atoms with Gasteiger partial charge in [0.25, 0.3) is 5.91 Å². The highest BCUT2D eigenvalue weighted by Crippen LogP contribution is 2.23. The number of benzene rings is 3. The quantitative estimate of drug-likeness (QED) is 0.356. The molecule has 0 saturated heterocycles. The summed E-state index contributed by atoms with van der Waals surface area (Å²) in [6.07, 6.45) is 3.45. The summed E-state index contributed by atoms with van der Waals surface area (Å²) in [4.78, 5) is 26.2. The fraction of sp³-hybridized carbons (Fsp3) is 0.111. The number of imidazole rings is 1. The molecule has 5 rings (SSSR count). The molecule has 0 radical (unpaired) electrons. The van der Waals surface area contributed by atoms with Gasteiger partial charge < -0.3 is 10.6 Å². The second kappa shape index (κ2) is 9.15. The van der Waals surface area contributed by atoms with Gasteiger partial charge in [0.05, 0.1) is 17.1 Å². The third kappa shape index (κ3) is 4.36. The predicted molar refractivity (Wildman–Crippen MR) is 134 cm³/mol. The first-order valence-electron chi connectivity index (χ1n) is 11.1. The molecule has 2 heterocycles. The molecule has 1 amide bonds. The topological polar surface area (TPSA) is 84.7 Å². The van der Waals surface area contributed by atoms with Crippen molar-refractivity contribution in [2.45, 2.75) is 19.9 Å². The molecule has 0 aliphatic carbocycles. The van der Waals surface area contributed by atoms with Crippen molar-refractivity contribution in [3.05, 3.63) is 108 Å². The van der Waals surface area contributed by atoms with Crippen molar-refractivity contribution in [2.24, 2.45) is 0 Å². The first-order chi connectivity index (χ1) is 16.6. The molecular weight excluding hydrogens is 424 g/mol. The van der Waals surface area contributed by atoms with Crippen molar-refractivity contribution in [3.8, 4) is 5.82 Å². The van der Waals surface area contributed by atoms with Crippen LogP contribution in [0.3, 0.4) is 0 Å². The van der Waals surface area contributed by atoms with Gasteiger partial charge in [0.2, 0.25) is 5.95 Å². The minimum atomic E-state index is -0.143. The largest absolute Gasteiger partial charge is 0.348 e. The SMILES string of the molecule is Cc1ccccc1C(=O)Nc1ccc2c(c1)ncn2-c1ccnc(NC(C)c2ccccc2)n1. The number of hydrogen-bond acceptors (Lipinski definition) is 5. The Bertz CT molecular complexity index is 1460. The van der Waals surface area contributed by atoms with Crippen LogP contribution in [0.25, 0.3) is 16.9 Å². The molecule has 0 aliphatic heterocycles. The minimum Gasteiger partial charge on any atom is -0.348 e. The number of aromatic nitrogens is 4. The van der Waals surface area contributed by atoms with Crippen LogP contribution >= 0.6 is 0 Å². The highest BCUT2D eigenvalue weighted by atomic mass is 16.1. The van der Waals surface area contributed by atoms with E-state index >= 15 is 0 Å². The summed E-state index contributed by atoms with van der Waals surface area (Å²) in [5, 5.41) is 6.32. The van der Waals surface area contributed by atoms with Gasteiger partial charge in [0, 0.05) is 17.4 Å². The summed E-state index contributed by atoms with van der Waals surface area (Å²) in [5.74, 6) is 1.10. The first-order valence-corrected chi connectivity index (χ1v) is 11.1. The van der Waals surface area contributed by atoms with E-state index in [4.69, 9.17) is 0 Å². The normalized spacial score (nSPS) is 11.8. The van der Waals surface area contributed by atoms with Crippen LogP contribution in [0, 0.1) is 6.92 Å². The number of carbonyl (C=O) groups excluding carboxylic acids is 1. The lowest BCUT2D eigenvalue weighted by atomic mass is 10.1. The lowest BCUT2D eigenvalue weighted by molar-refractivity contribution is 0.102. The van der Waals surface area contributed by atoms with E-state index in [-0.39, 0.29) is 11.9 Å². The predicted octanol–water partition coefficient (Wildman–Crippen LogP) is 5.55. The zero-order valence-electron chi connectivity index (χ0n) is 18.9. The molecule has 0 saturated carbocycles. The van der Waals surface area contributed by atoms with Crippen LogP contribution in [0.2, 0.25) is 0 Å². The van der Waals surface area contributed by atoms with Crippen molar-refractivity contribution in [2.75, 3.05) is 10.6 Å². The lowest BCUT2D eigenvalue weighted by Gasteiger charge is -2.14. The standard InChI is InChI=1S/C27H24N6O/c1-18-8-6-7-11-22(18)26(34)31-21-12-13-24-23(16-21)29-17-33(24)25-14-15-28-27(32-25)30-19(2)20-9-4-3-5-10-20/h3-17,19H,1-2H3,(H,31,34)(H,28,30,32). The fourth-order valence-corrected chi connectivity index (χ4v) is 3.87. The maximum Gasteiger partial charge on any atom is 0.255 e. The molecule has 5 aromatic rings. The second-order valence-electron chi connectivity index (χ2n) is 8.10. The van der Waals surface area contributed by atoms with Crippen molar-refractivity contribution in [1.29, 1.82) is 0 Å². The van der Waals surface area contributed by atoms with Gasteiger partial charge in [-0.2, -0.15) is 4.98 Å². The fourth-order valence-electron chi connectivity index (χ4n) is 3.87. The molecule has 3 aromatic carbocycles. The second-order valence-corrected chi connectivity index (χ2v) is 8.10. The Labute approximate surface area is 197 Å². The van der Waals surface area contributed by atoms with E-state index in [1.807, 2.05) is 78.2 Å². The molecule has 7 heteroatoms. The number of rotatable bonds is 6. The summed E-state index contributed by atoms with van der Waals surface area (Å²) in [7, 11) is 0. The Balaban J connectivity index is 1.37. The van der Waals surface area contributed by atoms with Gasteiger partial charge in [-0.25, -0.2) is 9.97 Å². The zero-order valence-corrected chi connectivity index (χ0v) is 18.9. The average Bonchev–Trinajstić information content (AvgIpc) is 3.28. The molecule has 7 nitrogen and oxygen atoms in total. The van der Waals surface area contributed by atoms with Crippen LogP contribution in [0.15, 0.2) is 91.4 Å². The average molecular weight is 449 g/mol. The summed E-state index contributed by atoms with van der Waals surface area (Å²) >= 11 is 0. The van der Waals surface area contributed by atoms with E-state index in [0.717, 1.165) is 22.2 Å². The van der Waals surface area contributed by atoms with Crippen molar-refractivity contribution >= 4 is 28.6 Å². The molecule has 2 N–H and O–H groups in total. The van der Waals surface area contributed by atoms with Crippen LogP contribution in [0.4, 0.5) is 11.6 Å². The molecule has 0 aliphatic rings. The van der Waals surface area contributed by atoms with E-state index in [2.05, 4.69) is 44.6 Å². The summed E-state index contributed by atoms with van der Waals surface area (Å²) in [5.41, 5.74) is 5.07. The Morgan fingerprint density at radius 3 is 2.56 bits per heavy atom. The number of fused-ring (bicyclic) bond motifs is 1. The first kappa shape index (κ1) is 21.3. The smallest absolute Gasteiger partial charge is 0.255 e. The Morgan fingerprint density at radius 1 is 0.941 bits per heavy atom. The molecule has 0 spiro atoms. The molecule has 0 bridgehead atoms. The molecule has 2 aromatic heterocycles. The summed E-state index contributed by atoms with van der Waals surface area (Å²) in [6, 6.07) is 25.2. The Hall–Kier alpha value is -4.52. The highest BCUT2D eigenvalue weighted by Gasteiger charge is 2.12. The Morgan fingerprint density at radius 2 is 1.74 bits per heavy atom. The van der Waals surface area contributed by atoms with Gasteiger partial charge in [-0.3, -0.25) is 9.36 Å². The Kier molecular flexibility index (Phi) is 5.74. The lowest BCUT2D eigenvalue weighted by Crippen LogP contribution is -2.13. The maximum atomic E-state index is 12.7. The van der Waals surface area contributed by atoms with E-state index in [9.17, 15) is 4.79 Å². The monoisotopic (exact) mass is 448 g/mol. The van der Waals surface area contributed by atoms with E-state index in [1.54, 1.807) is 12.5 Å². The number of hydrogen-bond donors (Lipinski definition) is 2. The van der Waals surface area contributed by atoms with E-state index in [1.165, 1.54) is 0 Å². The van der Waals surface area contributed by atoms with Crippen LogP contribution in [-0.2, 0) is 0 Å². The van der Waals surface area contributed by atoms with Crippen LogP contribution in [0.5, 0.6) is 0 Å². The van der Waals surface area contributed by atoms with Crippen LogP contribution in [-0.4, -0.2) is 25.4 Å². The summed E-state index contributed by atoms with van der Waals surface area (Å²) < 4.78 is 1.91.